The topological polar surface area (TPSA) is 86.6 Å². The van der Waals surface area contributed by atoms with Crippen molar-refractivity contribution in [3.05, 3.63) is 54.0 Å². The van der Waals surface area contributed by atoms with Crippen LogP contribution in [0.5, 0.6) is 0 Å². The Bertz CT molecular complexity index is 775. The van der Waals surface area contributed by atoms with Crippen molar-refractivity contribution in [2.45, 2.75) is 31.8 Å². The Balaban J connectivity index is 1.45. The number of nitrogens with zero attached hydrogens (tertiary/aromatic N) is 1. The van der Waals surface area contributed by atoms with Crippen LogP contribution in [0.1, 0.15) is 30.6 Å². The summed E-state index contributed by atoms with van der Waals surface area (Å²) in [6.07, 6.45) is 2.53. The average molecular weight is 370 g/mol. The van der Waals surface area contributed by atoms with E-state index in [-0.39, 0.29) is 17.9 Å². The van der Waals surface area contributed by atoms with Crippen molar-refractivity contribution in [1.29, 1.82) is 0 Å². The van der Waals surface area contributed by atoms with Crippen molar-refractivity contribution in [2.75, 3.05) is 25.0 Å². The summed E-state index contributed by atoms with van der Waals surface area (Å²) >= 11 is 0. The maximum Gasteiger partial charge on any atom is 0.315 e. The zero-order valence-electron chi connectivity index (χ0n) is 15.7. The number of urea groups is 1. The smallest absolute Gasteiger partial charge is 0.315 e. The number of carbonyl (C=O) groups is 2. The van der Waals surface area contributed by atoms with E-state index in [2.05, 4.69) is 40.0 Å². The van der Waals surface area contributed by atoms with Crippen molar-refractivity contribution < 1.29 is 14.0 Å². The van der Waals surface area contributed by atoms with Gasteiger partial charge in [0.15, 0.2) is 0 Å². The lowest BCUT2D eigenvalue weighted by Gasteiger charge is -2.33. The van der Waals surface area contributed by atoms with Gasteiger partial charge in [-0.2, -0.15) is 0 Å². The van der Waals surface area contributed by atoms with Gasteiger partial charge in [0.25, 0.3) is 0 Å². The van der Waals surface area contributed by atoms with Crippen molar-refractivity contribution in [1.82, 2.24) is 16.0 Å². The van der Waals surface area contributed by atoms with E-state index in [1.54, 1.807) is 25.3 Å². The van der Waals surface area contributed by atoms with Gasteiger partial charge in [-0.15, -0.1) is 0 Å². The summed E-state index contributed by atoms with van der Waals surface area (Å²) in [6.45, 7) is 3.45. The second-order valence-corrected chi connectivity index (χ2v) is 6.84. The normalized spacial score (nSPS) is 17.0. The van der Waals surface area contributed by atoms with E-state index in [0.717, 1.165) is 13.0 Å². The molecule has 0 bridgehead atoms. The third-order valence-corrected chi connectivity index (χ3v) is 4.87. The van der Waals surface area contributed by atoms with Gasteiger partial charge in [-0.05, 0) is 37.1 Å². The van der Waals surface area contributed by atoms with E-state index in [1.165, 1.54) is 11.3 Å². The zero-order valence-corrected chi connectivity index (χ0v) is 15.7. The predicted octanol–water partition coefficient (Wildman–Crippen LogP) is 2.21. The number of fused-ring (bicyclic) bond motifs is 1. The number of nitrogens with one attached hydrogen (secondary N) is 3. The standard InChI is InChI=1S/C20H26N4O3/c1-14(19(25)21-13-16-6-5-11-27-16)23-20(26)22-12-15-9-10-24(2)18-8-4-3-7-17(15)18/h3-8,11,14-15H,9-10,12-13H2,1-2H3,(H,21,25)(H2,22,23,26)/t14-,15-/m1/s1. The monoisotopic (exact) mass is 370 g/mol. The highest BCUT2D eigenvalue weighted by Crippen LogP contribution is 2.33. The Kier molecular flexibility index (Phi) is 6.01. The maximum atomic E-state index is 12.2. The molecule has 2 aromatic rings. The van der Waals surface area contributed by atoms with Crippen LogP contribution >= 0.6 is 0 Å². The number of anilines is 1. The molecule has 144 valence electrons. The highest BCUT2D eigenvalue weighted by Gasteiger charge is 2.23. The Labute approximate surface area is 159 Å². The Morgan fingerprint density at radius 3 is 2.81 bits per heavy atom. The largest absolute Gasteiger partial charge is 0.467 e. The summed E-state index contributed by atoms with van der Waals surface area (Å²) in [5.41, 5.74) is 2.46. The molecule has 1 aliphatic rings. The molecular weight excluding hydrogens is 344 g/mol. The summed E-state index contributed by atoms with van der Waals surface area (Å²) in [5, 5.41) is 8.31. The number of hydrogen-bond donors (Lipinski definition) is 3. The number of amides is 3. The van der Waals surface area contributed by atoms with Gasteiger partial charge in [-0.3, -0.25) is 4.79 Å². The molecule has 3 rings (SSSR count). The highest BCUT2D eigenvalue weighted by molar-refractivity contribution is 5.86. The van der Waals surface area contributed by atoms with Gasteiger partial charge in [-0.1, -0.05) is 18.2 Å². The molecule has 0 spiro atoms. The van der Waals surface area contributed by atoms with Crippen LogP contribution < -0.4 is 20.9 Å². The van der Waals surface area contributed by atoms with Gasteiger partial charge in [0.2, 0.25) is 5.91 Å². The van der Waals surface area contributed by atoms with Gasteiger partial charge in [-0.25, -0.2) is 4.79 Å². The van der Waals surface area contributed by atoms with Crippen molar-refractivity contribution in [2.24, 2.45) is 0 Å². The van der Waals surface area contributed by atoms with Crippen LogP contribution in [0.25, 0.3) is 0 Å². The van der Waals surface area contributed by atoms with E-state index in [0.29, 0.717) is 18.8 Å². The lowest BCUT2D eigenvalue weighted by molar-refractivity contribution is -0.122. The molecule has 27 heavy (non-hydrogen) atoms. The van der Waals surface area contributed by atoms with E-state index >= 15 is 0 Å². The Morgan fingerprint density at radius 1 is 1.22 bits per heavy atom. The zero-order chi connectivity index (χ0) is 19.2. The van der Waals surface area contributed by atoms with E-state index in [1.807, 2.05) is 12.1 Å². The summed E-state index contributed by atoms with van der Waals surface area (Å²) in [6, 6.07) is 10.8. The van der Waals surface area contributed by atoms with Gasteiger partial charge in [0.1, 0.15) is 11.8 Å². The summed E-state index contributed by atoms with van der Waals surface area (Å²) in [4.78, 5) is 26.5. The molecule has 0 saturated heterocycles. The molecule has 0 unspecified atom stereocenters. The fourth-order valence-electron chi connectivity index (χ4n) is 3.29. The van der Waals surface area contributed by atoms with Crippen LogP contribution in [0.15, 0.2) is 47.1 Å². The Morgan fingerprint density at radius 2 is 2.04 bits per heavy atom. The second kappa shape index (κ2) is 8.62. The van der Waals surface area contributed by atoms with E-state index < -0.39 is 6.04 Å². The molecule has 0 radical (unpaired) electrons. The van der Waals surface area contributed by atoms with Crippen LogP contribution in [0, 0.1) is 0 Å². The molecule has 1 aliphatic heterocycles. The summed E-state index contributed by atoms with van der Waals surface area (Å²) in [5.74, 6) is 0.679. The third-order valence-electron chi connectivity index (χ3n) is 4.87. The maximum absolute atomic E-state index is 12.2. The SMILES string of the molecule is C[C@@H](NC(=O)NC[C@H]1CCN(C)c2ccccc21)C(=O)NCc1ccco1. The molecular formula is C20H26N4O3. The molecule has 0 aliphatic carbocycles. The molecule has 0 fully saturated rings. The minimum absolute atomic E-state index is 0.258. The molecule has 3 N–H and O–H groups in total. The number of benzene rings is 1. The highest BCUT2D eigenvalue weighted by atomic mass is 16.3. The van der Waals surface area contributed by atoms with Gasteiger partial charge >= 0.3 is 6.03 Å². The minimum Gasteiger partial charge on any atom is -0.467 e. The van der Waals surface area contributed by atoms with Gasteiger partial charge in [0, 0.05) is 31.7 Å². The Hall–Kier alpha value is -2.96. The lowest BCUT2D eigenvalue weighted by Crippen LogP contribution is -2.49. The summed E-state index contributed by atoms with van der Waals surface area (Å²) in [7, 11) is 2.08. The lowest BCUT2D eigenvalue weighted by atomic mass is 9.90. The molecule has 0 saturated carbocycles. The number of rotatable bonds is 6. The molecule has 3 amide bonds. The van der Waals surface area contributed by atoms with Crippen LogP contribution in [0.4, 0.5) is 10.5 Å². The number of carbonyl (C=O) groups excluding carboxylic acids is 2. The van der Waals surface area contributed by atoms with Gasteiger partial charge in [0.05, 0.1) is 12.8 Å². The first-order valence-corrected chi connectivity index (χ1v) is 9.19. The summed E-state index contributed by atoms with van der Waals surface area (Å²) < 4.78 is 5.17. The number of hydrogen-bond acceptors (Lipinski definition) is 4. The van der Waals surface area contributed by atoms with Crippen LogP contribution in [0.3, 0.4) is 0 Å². The van der Waals surface area contributed by atoms with Crippen molar-refractivity contribution >= 4 is 17.6 Å². The minimum atomic E-state index is -0.635. The predicted molar refractivity (Wildman–Crippen MR) is 104 cm³/mol. The first-order valence-electron chi connectivity index (χ1n) is 9.19. The fourth-order valence-corrected chi connectivity index (χ4v) is 3.29. The first-order chi connectivity index (χ1) is 13.0. The van der Waals surface area contributed by atoms with Crippen LogP contribution in [0.2, 0.25) is 0 Å². The average Bonchev–Trinajstić information content (AvgIpc) is 3.19. The molecule has 7 heteroatoms. The van der Waals surface area contributed by atoms with Crippen molar-refractivity contribution in [3.8, 4) is 0 Å². The third kappa shape index (κ3) is 4.81. The first kappa shape index (κ1) is 18.8. The number of para-hydroxylation sites is 1. The van der Waals surface area contributed by atoms with E-state index in [9.17, 15) is 9.59 Å². The molecule has 7 nitrogen and oxygen atoms in total. The number of furan rings is 1. The quantitative estimate of drug-likeness (QED) is 0.728. The molecule has 2 atom stereocenters. The van der Waals surface area contributed by atoms with Crippen LogP contribution in [-0.4, -0.2) is 38.1 Å². The molecule has 1 aromatic carbocycles. The van der Waals surface area contributed by atoms with E-state index in [4.69, 9.17) is 4.42 Å². The second-order valence-electron chi connectivity index (χ2n) is 6.84. The fraction of sp³-hybridized carbons (Fsp3) is 0.400. The van der Waals surface area contributed by atoms with Gasteiger partial charge < -0.3 is 25.3 Å². The molecule has 2 heterocycles. The van der Waals surface area contributed by atoms with Crippen molar-refractivity contribution in [3.63, 3.8) is 0 Å². The van der Waals surface area contributed by atoms with Crippen LogP contribution in [-0.2, 0) is 11.3 Å². The molecule has 1 aromatic heterocycles.